The molecule has 0 aromatic carbocycles. The summed E-state index contributed by atoms with van der Waals surface area (Å²) in [6, 6.07) is 0.147. The van der Waals surface area contributed by atoms with Crippen molar-refractivity contribution in [2.75, 3.05) is 5.73 Å². The topological polar surface area (TPSA) is 89.6 Å². The summed E-state index contributed by atoms with van der Waals surface area (Å²) in [5.74, 6) is 1.21. The fourth-order valence-corrected chi connectivity index (χ4v) is 3.41. The second kappa shape index (κ2) is 4.47. The van der Waals surface area contributed by atoms with E-state index >= 15 is 0 Å². The molecule has 0 unspecified atom stereocenters. The maximum absolute atomic E-state index is 11.8. The van der Waals surface area contributed by atoms with Crippen LogP contribution in [0.25, 0.3) is 11.2 Å². The van der Waals surface area contributed by atoms with Crippen LogP contribution in [0, 0.1) is 11.8 Å². The SMILES string of the molecule is C=C1[C@H](CC)[C@@H](C)C[C@@H]1n1cnc2c(=O)[nH]c(N)nc21. The average molecular weight is 273 g/mol. The number of anilines is 1. The predicted octanol–water partition coefficient (Wildman–Crippen LogP) is 1.87. The van der Waals surface area contributed by atoms with Crippen molar-refractivity contribution in [3.05, 3.63) is 28.8 Å². The summed E-state index contributed by atoms with van der Waals surface area (Å²) < 4.78 is 1.94. The first-order valence-corrected chi connectivity index (χ1v) is 6.94. The Morgan fingerprint density at radius 2 is 2.35 bits per heavy atom. The molecule has 0 amide bonds. The van der Waals surface area contributed by atoms with Gasteiger partial charge in [0.2, 0.25) is 5.95 Å². The Bertz CT molecular complexity index is 729. The first kappa shape index (κ1) is 12.9. The molecule has 6 heteroatoms. The molecule has 0 aliphatic heterocycles. The minimum Gasteiger partial charge on any atom is -0.369 e. The van der Waals surface area contributed by atoms with Crippen LogP contribution in [0.5, 0.6) is 0 Å². The number of nitrogen functional groups attached to an aromatic ring is 1. The fourth-order valence-electron chi connectivity index (χ4n) is 3.41. The zero-order valence-corrected chi connectivity index (χ0v) is 11.8. The first-order chi connectivity index (χ1) is 9.52. The number of hydrogen-bond donors (Lipinski definition) is 2. The number of aromatic amines is 1. The highest BCUT2D eigenvalue weighted by Crippen LogP contribution is 2.45. The standard InChI is InChI=1S/C14H19N5O/c1-4-9-7(2)5-10(8(9)3)19-6-16-11-12(19)17-14(15)18-13(11)20/h6-7,9-10H,3-5H2,1-2H3,(H3,15,17,18,20)/t7-,9+,10-/m0/s1. The molecule has 2 heterocycles. The van der Waals surface area contributed by atoms with Gasteiger partial charge in [-0.05, 0) is 24.7 Å². The lowest BCUT2D eigenvalue weighted by atomic mass is 9.93. The van der Waals surface area contributed by atoms with Gasteiger partial charge in [-0.3, -0.25) is 9.78 Å². The van der Waals surface area contributed by atoms with Crippen molar-refractivity contribution in [3.8, 4) is 0 Å². The summed E-state index contributed by atoms with van der Waals surface area (Å²) >= 11 is 0. The zero-order chi connectivity index (χ0) is 14.4. The Hall–Kier alpha value is -2.11. The van der Waals surface area contributed by atoms with E-state index in [1.807, 2.05) is 4.57 Å². The number of hydrogen-bond acceptors (Lipinski definition) is 4. The molecule has 2 aromatic rings. The highest BCUT2D eigenvalue weighted by molar-refractivity contribution is 5.70. The lowest BCUT2D eigenvalue weighted by Crippen LogP contribution is -2.14. The van der Waals surface area contributed by atoms with Gasteiger partial charge >= 0.3 is 0 Å². The number of nitrogens with zero attached hydrogens (tertiary/aromatic N) is 3. The van der Waals surface area contributed by atoms with E-state index in [9.17, 15) is 4.79 Å². The van der Waals surface area contributed by atoms with Gasteiger partial charge in [0.05, 0.1) is 12.4 Å². The predicted molar refractivity (Wildman–Crippen MR) is 78.3 cm³/mol. The Kier molecular flexibility index (Phi) is 2.88. The van der Waals surface area contributed by atoms with Crippen molar-refractivity contribution in [1.82, 2.24) is 19.5 Å². The Morgan fingerprint density at radius 1 is 1.60 bits per heavy atom. The van der Waals surface area contributed by atoms with Crippen molar-refractivity contribution in [3.63, 3.8) is 0 Å². The van der Waals surface area contributed by atoms with Crippen LogP contribution in [-0.4, -0.2) is 19.5 Å². The summed E-state index contributed by atoms with van der Waals surface area (Å²) in [6.45, 7) is 8.68. The molecule has 0 radical (unpaired) electrons. The van der Waals surface area contributed by atoms with Crippen molar-refractivity contribution in [2.45, 2.75) is 32.7 Å². The van der Waals surface area contributed by atoms with Gasteiger partial charge < -0.3 is 10.3 Å². The molecule has 0 spiro atoms. The summed E-state index contributed by atoms with van der Waals surface area (Å²) in [7, 11) is 0. The smallest absolute Gasteiger partial charge is 0.280 e. The summed E-state index contributed by atoms with van der Waals surface area (Å²) in [5.41, 5.74) is 7.41. The van der Waals surface area contributed by atoms with Crippen molar-refractivity contribution in [2.24, 2.45) is 11.8 Å². The minimum atomic E-state index is -0.296. The van der Waals surface area contributed by atoms with Gasteiger partial charge in [0.15, 0.2) is 11.2 Å². The summed E-state index contributed by atoms with van der Waals surface area (Å²) in [5, 5.41) is 0. The molecule has 3 rings (SSSR count). The van der Waals surface area contributed by atoms with Gasteiger partial charge in [-0.15, -0.1) is 0 Å². The quantitative estimate of drug-likeness (QED) is 0.817. The molecule has 1 aliphatic rings. The molecule has 3 N–H and O–H groups in total. The van der Waals surface area contributed by atoms with E-state index in [1.165, 1.54) is 5.57 Å². The van der Waals surface area contributed by atoms with Gasteiger partial charge in [0, 0.05) is 0 Å². The summed E-state index contributed by atoms with van der Waals surface area (Å²) in [4.78, 5) is 22.7. The van der Waals surface area contributed by atoms with Crippen LogP contribution in [0.3, 0.4) is 0 Å². The van der Waals surface area contributed by atoms with Crippen molar-refractivity contribution in [1.29, 1.82) is 0 Å². The number of nitrogens with two attached hydrogens (primary N) is 1. The number of H-pyrrole nitrogens is 1. The minimum absolute atomic E-state index is 0.118. The molecular formula is C14H19N5O. The summed E-state index contributed by atoms with van der Waals surface area (Å²) in [6.07, 6.45) is 3.75. The zero-order valence-electron chi connectivity index (χ0n) is 11.8. The van der Waals surface area contributed by atoms with Crippen molar-refractivity contribution >= 4 is 17.1 Å². The van der Waals surface area contributed by atoms with Gasteiger partial charge in [-0.1, -0.05) is 26.0 Å². The third-order valence-electron chi connectivity index (χ3n) is 4.41. The third kappa shape index (κ3) is 1.75. The lowest BCUT2D eigenvalue weighted by Gasteiger charge is -2.16. The maximum atomic E-state index is 11.8. The highest BCUT2D eigenvalue weighted by atomic mass is 16.1. The Labute approximate surface area is 116 Å². The second-order valence-electron chi connectivity index (χ2n) is 5.59. The van der Waals surface area contributed by atoms with Crippen LogP contribution in [-0.2, 0) is 0 Å². The number of allylic oxidation sites excluding steroid dienone is 1. The molecule has 6 nitrogen and oxygen atoms in total. The largest absolute Gasteiger partial charge is 0.369 e. The van der Waals surface area contributed by atoms with Gasteiger partial charge in [0.1, 0.15) is 0 Å². The molecule has 0 saturated heterocycles. The van der Waals surface area contributed by atoms with Gasteiger partial charge in [-0.25, -0.2) is 4.98 Å². The molecular weight excluding hydrogens is 254 g/mol. The number of rotatable bonds is 2. The Morgan fingerprint density at radius 3 is 3.00 bits per heavy atom. The van der Waals surface area contributed by atoms with E-state index in [2.05, 4.69) is 35.4 Å². The monoisotopic (exact) mass is 273 g/mol. The van der Waals surface area contributed by atoms with Crippen LogP contribution in [0.15, 0.2) is 23.3 Å². The van der Waals surface area contributed by atoms with Crippen LogP contribution in [0.1, 0.15) is 32.7 Å². The van der Waals surface area contributed by atoms with Crippen LogP contribution in [0.4, 0.5) is 5.95 Å². The lowest BCUT2D eigenvalue weighted by molar-refractivity contribution is 0.438. The van der Waals surface area contributed by atoms with E-state index in [1.54, 1.807) is 6.33 Å². The maximum Gasteiger partial charge on any atom is 0.280 e. The second-order valence-corrected chi connectivity index (χ2v) is 5.59. The van der Waals surface area contributed by atoms with Crippen molar-refractivity contribution < 1.29 is 0 Å². The number of nitrogens with one attached hydrogen (secondary N) is 1. The van der Waals surface area contributed by atoms with Crippen LogP contribution >= 0.6 is 0 Å². The number of aromatic nitrogens is 4. The van der Waals surface area contributed by atoms with E-state index in [0.29, 0.717) is 23.0 Å². The molecule has 3 atom stereocenters. The fraction of sp³-hybridized carbons (Fsp3) is 0.500. The van der Waals surface area contributed by atoms with Crippen LogP contribution < -0.4 is 11.3 Å². The molecule has 20 heavy (non-hydrogen) atoms. The van der Waals surface area contributed by atoms with E-state index in [-0.39, 0.29) is 17.5 Å². The molecule has 106 valence electrons. The van der Waals surface area contributed by atoms with Gasteiger partial charge in [-0.2, -0.15) is 4.98 Å². The molecule has 2 aromatic heterocycles. The third-order valence-corrected chi connectivity index (χ3v) is 4.41. The van der Waals surface area contributed by atoms with Crippen LogP contribution in [0.2, 0.25) is 0 Å². The van der Waals surface area contributed by atoms with E-state index in [4.69, 9.17) is 5.73 Å². The highest BCUT2D eigenvalue weighted by Gasteiger charge is 2.35. The van der Waals surface area contributed by atoms with E-state index in [0.717, 1.165) is 12.8 Å². The molecule has 1 fully saturated rings. The normalized spacial score (nSPS) is 26.5. The first-order valence-electron chi connectivity index (χ1n) is 6.94. The van der Waals surface area contributed by atoms with Gasteiger partial charge in [0.25, 0.3) is 5.56 Å². The Balaban J connectivity index is 2.12. The van der Waals surface area contributed by atoms with E-state index < -0.39 is 0 Å². The molecule has 1 aliphatic carbocycles. The average Bonchev–Trinajstić information content (AvgIpc) is 2.91. The number of fused-ring (bicyclic) bond motifs is 1. The molecule has 0 bridgehead atoms. The molecule has 1 saturated carbocycles. The number of imidazole rings is 1.